The van der Waals surface area contributed by atoms with Crippen LogP contribution in [0.5, 0.6) is 5.75 Å². The molecule has 5 aromatic rings. The van der Waals surface area contributed by atoms with Gasteiger partial charge in [0, 0.05) is 22.1 Å². The van der Waals surface area contributed by atoms with Crippen molar-refractivity contribution in [3.63, 3.8) is 0 Å². The van der Waals surface area contributed by atoms with Crippen LogP contribution < -0.4 is 9.62 Å². The van der Waals surface area contributed by atoms with Gasteiger partial charge in [0.05, 0.1) is 26.3 Å². The van der Waals surface area contributed by atoms with Crippen LogP contribution in [0.4, 0.5) is 22.7 Å². The number of aromatic hydroxyl groups is 1. The fourth-order valence-corrected chi connectivity index (χ4v) is 6.99. The normalized spacial score (nSPS) is 12.0. The van der Waals surface area contributed by atoms with Crippen LogP contribution in [-0.4, -0.2) is 13.5 Å². The summed E-state index contributed by atoms with van der Waals surface area (Å²) in [7, 11) is -4.21. The number of hydrogen-bond donors (Lipinski definition) is 2. The third-order valence-electron chi connectivity index (χ3n) is 7.12. The summed E-state index contributed by atoms with van der Waals surface area (Å²) in [6.07, 6.45) is 0. The second-order valence-corrected chi connectivity index (χ2v) is 14.1. The standard InChI is InChI=1S/C34H32Cl2N2O3S/c1-21-13-15-25(16-14-21)42(40,41)38(24-18-29(35)33(39)30(36)19-24)32-27-12-7-6-11-26(27)31(20-28(32)34(3,4)5)37-23-10-8-9-22(2)17-23/h6-20,37,39H,1-5H3. The highest BCUT2D eigenvalue weighted by molar-refractivity contribution is 7.93. The zero-order valence-electron chi connectivity index (χ0n) is 24.0. The lowest BCUT2D eigenvalue weighted by atomic mass is 9.83. The average molecular weight is 620 g/mol. The number of fused-ring (bicyclic) bond motifs is 1. The van der Waals surface area contributed by atoms with Crippen molar-refractivity contribution in [3.8, 4) is 5.75 Å². The molecule has 0 heterocycles. The molecule has 5 aromatic carbocycles. The molecule has 0 aliphatic carbocycles. The summed E-state index contributed by atoms with van der Waals surface area (Å²) >= 11 is 12.8. The van der Waals surface area contributed by atoms with Gasteiger partial charge in [-0.15, -0.1) is 0 Å². The Balaban J connectivity index is 1.89. The Morgan fingerprint density at radius 3 is 1.98 bits per heavy atom. The monoisotopic (exact) mass is 618 g/mol. The molecule has 0 unspecified atom stereocenters. The minimum atomic E-state index is -4.21. The zero-order chi connectivity index (χ0) is 30.4. The molecule has 0 bridgehead atoms. The molecule has 0 fully saturated rings. The lowest BCUT2D eigenvalue weighted by molar-refractivity contribution is 0.476. The molecule has 0 aromatic heterocycles. The first kappa shape index (κ1) is 29.8. The summed E-state index contributed by atoms with van der Waals surface area (Å²) in [4.78, 5) is 0.110. The van der Waals surface area contributed by atoms with Crippen LogP contribution in [0.15, 0.2) is 95.9 Å². The molecule has 5 nitrogen and oxygen atoms in total. The van der Waals surface area contributed by atoms with Gasteiger partial charge in [0.1, 0.15) is 0 Å². The summed E-state index contributed by atoms with van der Waals surface area (Å²) in [5.74, 6) is -0.312. The first-order chi connectivity index (χ1) is 19.8. The molecule has 0 amide bonds. The van der Waals surface area contributed by atoms with E-state index in [2.05, 4.69) is 11.4 Å². The van der Waals surface area contributed by atoms with Crippen molar-refractivity contribution in [3.05, 3.63) is 118 Å². The van der Waals surface area contributed by atoms with E-state index in [0.717, 1.165) is 38.8 Å². The number of rotatable bonds is 6. The van der Waals surface area contributed by atoms with E-state index in [4.69, 9.17) is 23.2 Å². The van der Waals surface area contributed by atoms with Crippen molar-refractivity contribution in [2.24, 2.45) is 0 Å². The number of sulfonamides is 1. The van der Waals surface area contributed by atoms with Gasteiger partial charge in [-0.05, 0) is 72.9 Å². The molecular weight excluding hydrogens is 587 g/mol. The van der Waals surface area contributed by atoms with E-state index >= 15 is 0 Å². The maximum absolute atomic E-state index is 14.7. The van der Waals surface area contributed by atoms with Gasteiger partial charge in [-0.3, -0.25) is 0 Å². The van der Waals surface area contributed by atoms with Crippen molar-refractivity contribution in [1.82, 2.24) is 0 Å². The number of anilines is 4. The Hall–Kier alpha value is -3.71. The van der Waals surface area contributed by atoms with Gasteiger partial charge in [-0.1, -0.05) is 98.1 Å². The van der Waals surface area contributed by atoms with E-state index < -0.39 is 15.4 Å². The second kappa shape index (κ2) is 11.2. The van der Waals surface area contributed by atoms with Gasteiger partial charge in [-0.25, -0.2) is 12.7 Å². The van der Waals surface area contributed by atoms with Crippen LogP contribution in [0.3, 0.4) is 0 Å². The third kappa shape index (κ3) is 5.67. The Kier molecular flexibility index (Phi) is 7.92. The fraction of sp³-hybridized carbons (Fsp3) is 0.176. The molecular formula is C34H32Cl2N2O3S. The minimum absolute atomic E-state index is 0.0547. The predicted molar refractivity (Wildman–Crippen MR) is 176 cm³/mol. The summed E-state index contributed by atoms with van der Waals surface area (Å²) in [5.41, 5.74) is 4.80. The van der Waals surface area contributed by atoms with Crippen molar-refractivity contribution < 1.29 is 13.5 Å². The van der Waals surface area contributed by atoms with Gasteiger partial charge < -0.3 is 10.4 Å². The SMILES string of the molecule is Cc1ccc(S(=O)(=O)N(c2cc(Cl)c(O)c(Cl)c2)c2c(C(C)(C)C)cc(Nc3cccc(C)c3)c3ccccc23)cc1. The van der Waals surface area contributed by atoms with Crippen molar-refractivity contribution in [2.75, 3.05) is 9.62 Å². The Labute approximate surface area is 257 Å². The Morgan fingerprint density at radius 1 is 0.762 bits per heavy atom. The van der Waals surface area contributed by atoms with Crippen molar-refractivity contribution >= 4 is 66.7 Å². The van der Waals surface area contributed by atoms with Crippen LogP contribution in [0, 0.1) is 13.8 Å². The first-order valence-corrected chi connectivity index (χ1v) is 15.7. The van der Waals surface area contributed by atoms with E-state index in [1.54, 1.807) is 24.3 Å². The Morgan fingerprint density at radius 2 is 1.38 bits per heavy atom. The Bertz CT molecular complexity index is 1890. The average Bonchev–Trinajstić information content (AvgIpc) is 2.92. The maximum atomic E-state index is 14.7. The van der Waals surface area contributed by atoms with Crippen LogP contribution in [-0.2, 0) is 15.4 Å². The smallest absolute Gasteiger partial charge is 0.268 e. The van der Waals surface area contributed by atoms with Crippen LogP contribution in [0.1, 0.15) is 37.5 Å². The molecule has 0 saturated heterocycles. The van der Waals surface area contributed by atoms with Crippen LogP contribution in [0.25, 0.3) is 10.8 Å². The second-order valence-electron chi connectivity index (χ2n) is 11.5. The molecule has 0 spiro atoms. The van der Waals surface area contributed by atoms with Crippen molar-refractivity contribution in [2.45, 2.75) is 44.9 Å². The summed E-state index contributed by atoms with van der Waals surface area (Å²) < 4.78 is 30.6. The lowest BCUT2D eigenvalue weighted by Crippen LogP contribution is -2.29. The predicted octanol–water partition coefficient (Wildman–Crippen LogP) is 10.0. The number of hydrogen-bond acceptors (Lipinski definition) is 4. The summed E-state index contributed by atoms with van der Waals surface area (Å²) in [6.45, 7) is 10.1. The largest absolute Gasteiger partial charge is 0.505 e. The lowest BCUT2D eigenvalue weighted by Gasteiger charge is -2.33. The molecule has 5 rings (SSSR count). The quantitative estimate of drug-likeness (QED) is 0.199. The summed E-state index contributed by atoms with van der Waals surface area (Å²) in [6, 6.07) is 27.4. The molecule has 0 aliphatic rings. The van der Waals surface area contributed by atoms with Gasteiger partial charge in [0.2, 0.25) is 0 Å². The van der Waals surface area contributed by atoms with E-state index in [-0.39, 0.29) is 26.4 Å². The number of nitrogens with one attached hydrogen (secondary N) is 1. The van der Waals surface area contributed by atoms with E-state index in [9.17, 15) is 13.5 Å². The van der Waals surface area contributed by atoms with E-state index in [1.165, 1.54) is 16.4 Å². The van der Waals surface area contributed by atoms with Gasteiger partial charge in [0.25, 0.3) is 10.0 Å². The molecule has 0 aliphatic heterocycles. The molecule has 8 heteroatoms. The topological polar surface area (TPSA) is 69.6 Å². The summed E-state index contributed by atoms with van der Waals surface area (Å²) in [5, 5.41) is 15.4. The highest BCUT2D eigenvalue weighted by atomic mass is 35.5. The minimum Gasteiger partial charge on any atom is -0.505 e. The van der Waals surface area contributed by atoms with Crippen LogP contribution in [0.2, 0.25) is 10.0 Å². The zero-order valence-corrected chi connectivity index (χ0v) is 26.4. The molecule has 216 valence electrons. The highest BCUT2D eigenvalue weighted by Gasteiger charge is 2.34. The number of nitrogens with zero attached hydrogens (tertiary/aromatic N) is 1. The van der Waals surface area contributed by atoms with E-state index in [1.807, 2.05) is 83.1 Å². The van der Waals surface area contributed by atoms with Gasteiger partial charge in [-0.2, -0.15) is 0 Å². The van der Waals surface area contributed by atoms with E-state index in [0.29, 0.717) is 5.69 Å². The molecule has 0 saturated carbocycles. The first-order valence-electron chi connectivity index (χ1n) is 13.5. The molecule has 0 atom stereocenters. The van der Waals surface area contributed by atoms with Gasteiger partial charge >= 0.3 is 0 Å². The van der Waals surface area contributed by atoms with Crippen molar-refractivity contribution in [1.29, 1.82) is 0 Å². The number of aryl methyl sites for hydroxylation is 2. The maximum Gasteiger partial charge on any atom is 0.268 e. The molecule has 2 N–H and O–H groups in total. The molecule has 42 heavy (non-hydrogen) atoms. The number of benzene rings is 5. The number of phenolic OH excluding ortho intramolecular Hbond substituents is 1. The number of halogens is 2. The van der Waals surface area contributed by atoms with Crippen LogP contribution >= 0.6 is 23.2 Å². The highest BCUT2D eigenvalue weighted by Crippen LogP contribution is 2.48. The molecule has 0 radical (unpaired) electrons. The number of phenols is 1. The third-order valence-corrected chi connectivity index (χ3v) is 9.44. The van der Waals surface area contributed by atoms with Gasteiger partial charge in [0.15, 0.2) is 5.75 Å². The fourth-order valence-electron chi connectivity index (χ4n) is 5.01.